The number of halogens is 1. The lowest BCUT2D eigenvalue weighted by Gasteiger charge is -2.29. The van der Waals surface area contributed by atoms with Crippen LogP contribution in [0.25, 0.3) is 0 Å². The van der Waals surface area contributed by atoms with Crippen molar-refractivity contribution in [2.45, 2.75) is 13.5 Å². The third-order valence-corrected chi connectivity index (χ3v) is 5.01. The molecule has 1 aromatic heterocycles. The standard InChI is InChI=1S/C17H20FN3OS/c1-12-4-9-23-16(12)17(22)20-11-13-2-3-15(14(18)10-13)21-7-5-19-6-8-21/h2-4,9-10,19H,5-8,11H2,1H3,(H,20,22). The molecule has 0 bridgehead atoms. The number of thiophene rings is 1. The number of hydrogen-bond acceptors (Lipinski definition) is 4. The van der Waals surface area contributed by atoms with Gasteiger partial charge < -0.3 is 15.5 Å². The van der Waals surface area contributed by atoms with Crippen LogP contribution in [0.4, 0.5) is 10.1 Å². The van der Waals surface area contributed by atoms with Crippen molar-refractivity contribution in [2.24, 2.45) is 0 Å². The second-order valence-electron chi connectivity index (χ2n) is 5.64. The summed E-state index contributed by atoms with van der Waals surface area (Å²) in [5.41, 5.74) is 2.37. The summed E-state index contributed by atoms with van der Waals surface area (Å²) in [6.45, 7) is 5.60. The molecule has 2 N–H and O–H groups in total. The molecule has 1 aliphatic rings. The Bertz CT molecular complexity index is 695. The smallest absolute Gasteiger partial charge is 0.261 e. The van der Waals surface area contributed by atoms with Crippen LogP contribution in [0.2, 0.25) is 0 Å². The molecule has 0 spiro atoms. The molecule has 2 heterocycles. The summed E-state index contributed by atoms with van der Waals surface area (Å²) in [5.74, 6) is -0.338. The first-order chi connectivity index (χ1) is 11.1. The Morgan fingerprint density at radius 3 is 2.78 bits per heavy atom. The molecule has 1 fully saturated rings. The third kappa shape index (κ3) is 3.71. The highest BCUT2D eigenvalue weighted by atomic mass is 32.1. The summed E-state index contributed by atoms with van der Waals surface area (Å²) < 4.78 is 14.3. The Kier molecular flexibility index (Phi) is 4.93. The fraction of sp³-hybridized carbons (Fsp3) is 0.353. The number of benzene rings is 1. The lowest BCUT2D eigenvalue weighted by molar-refractivity contribution is 0.0954. The van der Waals surface area contributed by atoms with Crippen molar-refractivity contribution >= 4 is 22.9 Å². The first-order valence-electron chi connectivity index (χ1n) is 7.71. The number of hydrogen-bond donors (Lipinski definition) is 2. The molecule has 2 aromatic rings. The predicted molar refractivity (Wildman–Crippen MR) is 91.7 cm³/mol. The monoisotopic (exact) mass is 333 g/mol. The zero-order valence-corrected chi connectivity index (χ0v) is 13.9. The fourth-order valence-electron chi connectivity index (χ4n) is 2.69. The lowest BCUT2D eigenvalue weighted by Crippen LogP contribution is -2.43. The van der Waals surface area contributed by atoms with Gasteiger partial charge in [-0.3, -0.25) is 4.79 Å². The normalized spacial score (nSPS) is 14.8. The first-order valence-corrected chi connectivity index (χ1v) is 8.59. The molecule has 1 saturated heterocycles. The number of anilines is 1. The van der Waals surface area contributed by atoms with Crippen LogP contribution in [0.3, 0.4) is 0 Å². The van der Waals surface area contributed by atoms with Crippen molar-refractivity contribution in [3.05, 3.63) is 51.5 Å². The SMILES string of the molecule is Cc1ccsc1C(=O)NCc1ccc(N2CCNCC2)c(F)c1. The fourth-order valence-corrected chi connectivity index (χ4v) is 3.53. The number of rotatable bonds is 4. The molecule has 3 rings (SSSR count). The number of piperazine rings is 1. The van der Waals surface area contributed by atoms with Crippen LogP contribution in [0.5, 0.6) is 0 Å². The molecule has 0 radical (unpaired) electrons. The van der Waals surface area contributed by atoms with Gasteiger partial charge in [-0.25, -0.2) is 4.39 Å². The minimum atomic E-state index is -0.231. The van der Waals surface area contributed by atoms with Crippen LogP contribution in [-0.4, -0.2) is 32.1 Å². The molecule has 0 atom stereocenters. The maximum Gasteiger partial charge on any atom is 0.261 e. The van der Waals surface area contributed by atoms with Crippen LogP contribution < -0.4 is 15.5 Å². The number of aryl methyl sites for hydroxylation is 1. The summed E-state index contributed by atoms with van der Waals surface area (Å²) in [7, 11) is 0. The Morgan fingerprint density at radius 2 is 2.13 bits per heavy atom. The van der Waals surface area contributed by atoms with Gasteiger partial charge in [0.15, 0.2) is 0 Å². The molecule has 1 aromatic carbocycles. The van der Waals surface area contributed by atoms with Gasteiger partial charge in [0.1, 0.15) is 5.82 Å². The summed E-state index contributed by atoms with van der Waals surface area (Å²) >= 11 is 1.42. The van der Waals surface area contributed by atoms with Crippen molar-refractivity contribution in [1.82, 2.24) is 10.6 Å². The van der Waals surface area contributed by atoms with Crippen molar-refractivity contribution in [2.75, 3.05) is 31.1 Å². The van der Waals surface area contributed by atoms with Crippen LogP contribution in [0, 0.1) is 12.7 Å². The lowest BCUT2D eigenvalue weighted by atomic mass is 10.1. The minimum absolute atomic E-state index is 0.107. The van der Waals surface area contributed by atoms with Gasteiger partial charge in [-0.05, 0) is 41.6 Å². The van der Waals surface area contributed by atoms with Crippen LogP contribution >= 0.6 is 11.3 Å². The summed E-state index contributed by atoms with van der Waals surface area (Å²) in [6, 6.07) is 7.11. The van der Waals surface area contributed by atoms with E-state index >= 15 is 0 Å². The van der Waals surface area contributed by atoms with Gasteiger partial charge in [-0.1, -0.05) is 6.07 Å². The molecule has 122 valence electrons. The van der Waals surface area contributed by atoms with Gasteiger partial charge >= 0.3 is 0 Å². The van der Waals surface area contributed by atoms with Crippen LogP contribution in [0.1, 0.15) is 20.8 Å². The van der Waals surface area contributed by atoms with Gasteiger partial charge in [0.25, 0.3) is 5.91 Å². The zero-order chi connectivity index (χ0) is 16.2. The largest absolute Gasteiger partial charge is 0.367 e. The summed E-state index contributed by atoms with van der Waals surface area (Å²) in [6.07, 6.45) is 0. The van der Waals surface area contributed by atoms with Gasteiger partial charge in [0.2, 0.25) is 0 Å². The van der Waals surface area contributed by atoms with Gasteiger partial charge in [-0.2, -0.15) is 0 Å². The summed E-state index contributed by atoms with van der Waals surface area (Å²) in [4.78, 5) is 14.8. The Balaban J connectivity index is 1.64. The van der Waals surface area contributed by atoms with Crippen molar-refractivity contribution in [3.8, 4) is 0 Å². The Labute approximate surface area is 139 Å². The van der Waals surface area contributed by atoms with E-state index in [1.165, 1.54) is 17.4 Å². The van der Waals surface area contributed by atoms with Crippen molar-refractivity contribution in [3.63, 3.8) is 0 Å². The predicted octanol–water partition coefficient (Wildman–Crippen LogP) is 2.54. The first kappa shape index (κ1) is 16.0. The Morgan fingerprint density at radius 1 is 1.35 bits per heavy atom. The molecular formula is C17H20FN3OS. The molecule has 0 saturated carbocycles. The number of carbonyl (C=O) groups excluding carboxylic acids is 1. The molecular weight excluding hydrogens is 313 g/mol. The quantitative estimate of drug-likeness (QED) is 0.904. The molecule has 1 aliphatic heterocycles. The average Bonchev–Trinajstić information content (AvgIpc) is 3.00. The number of amides is 1. The van der Waals surface area contributed by atoms with E-state index in [2.05, 4.69) is 10.6 Å². The molecule has 4 nitrogen and oxygen atoms in total. The van der Waals surface area contributed by atoms with E-state index in [9.17, 15) is 9.18 Å². The van der Waals surface area contributed by atoms with E-state index in [-0.39, 0.29) is 11.7 Å². The van der Waals surface area contributed by atoms with Crippen LogP contribution in [0.15, 0.2) is 29.6 Å². The summed E-state index contributed by atoms with van der Waals surface area (Å²) in [5, 5.41) is 8.00. The maximum absolute atomic E-state index is 14.3. The van der Waals surface area contributed by atoms with E-state index in [1.54, 1.807) is 6.07 Å². The topological polar surface area (TPSA) is 44.4 Å². The van der Waals surface area contributed by atoms with E-state index in [0.29, 0.717) is 17.1 Å². The van der Waals surface area contributed by atoms with Crippen LogP contribution in [-0.2, 0) is 6.54 Å². The third-order valence-electron chi connectivity index (χ3n) is 3.99. The molecule has 0 aliphatic carbocycles. The molecule has 23 heavy (non-hydrogen) atoms. The van der Waals surface area contributed by atoms with E-state index in [1.807, 2.05) is 29.3 Å². The van der Waals surface area contributed by atoms with Crippen molar-refractivity contribution in [1.29, 1.82) is 0 Å². The number of nitrogens with one attached hydrogen (secondary N) is 2. The highest BCUT2D eigenvalue weighted by Gasteiger charge is 2.15. The van der Waals surface area contributed by atoms with Crippen molar-refractivity contribution < 1.29 is 9.18 Å². The molecule has 1 amide bonds. The number of carbonyl (C=O) groups is 1. The highest BCUT2D eigenvalue weighted by Crippen LogP contribution is 2.21. The second-order valence-corrected chi connectivity index (χ2v) is 6.55. The van der Waals surface area contributed by atoms with E-state index in [4.69, 9.17) is 0 Å². The molecule has 0 unspecified atom stereocenters. The highest BCUT2D eigenvalue weighted by molar-refractivity contribution is 7.12. The molecule has 6 heteroatoms. The zero-order valence-electron chi connectivity index (χ0n) is 13.1. The number of nitrogens with zero attached hydrogens (tertiary/aromatic N) is 1. The second kappa shape index (κ2) is 7.10. The Hall–Kier alpha value is -1.92. The van der Waals surface area contributed by atoms with Gasteiger partial charge in [0, 0.05) is 32.7 Å². The van der Waals surface area contributed by atoms with E-state index < -0.39 is 0 Å². The van der Waals surface area contributed by atoms with E-state index in [0.717, 1.165) is 37.3 Å². The van der Waals surface area contributed by atoms with Gasteiger partial charge in [0.05, 0.1) is 10.6 Å². The minimum Gasteiger partial charge on any atom is -0.367 e. The average molecular weight is 333 g/mol. The van der Waals surface area contributed by atoms with Gasteiger partial charge in [-0.15, -0.1) is 11.3 Å². The maximum atomic E-state index is 14.3.